The Hall–Kier alpha value is -3.12. The van der Waals surface area contributed by atoms with Gasteiger partial charge in [0.2, 0.25) is 0 Å². The molecule has 0 aliphatic carbocycles. The molecule has 0 radical (unpaired) electrons. The lowest BCUT2D eigenvalue weighted by atomic mass is 10.1. The average molecular weight is 506 g/mol. The molecule has 0 spiro atoms. The number of imidazole rings is 1. The van der Waals surface area contributed by atoms with E-state index in [1.807, 2.05) is 42.5 Å². The van der Waals surface area contributed by atoms with Crippen molar-refractivity contribution in [1.82, 2.24) is 14.9 Å². The summed E-state index contributed by atoms with van der Waals surface area (Å²) in [5.41, 5.74) is 5.16. The van der Waals surface area contributed by atoms with Crippen molar-refractivity contribution in [3.05, 3.63) is 93.7 Å². The van der Waals surface area contributed by atoms with Crippen LogP contribution in [0.5, 0.6) is 5.75 Å². The number of benzene rings is 3. The van der Waals surface area contributed by atoms with Gasteiger partial charge in [-0.25, -0.2) is 4.98 Å². The standard InChI is InChI=1S/C27H28BrN3O2/c1-19-12-13-23(16-20(19)2)33-15-6-5-14-31-25-11-4-3-10-24(25)30-26(31)18-29-27(32)21-8-7-9-22(28)17-21/h3-4,7-13,16-17H,5-6,14-15,18H2,1-2H3,(H,29,32). The molecule has 0 saturated carbocycles. The number of ether oxygens (including phenoxy) is 1. The molecule has 33 heavy (non-hydrogen) atoms. The van der Waals surface area contributed by atoms with Gasteiger partial charge in [0.05, 0.1) is 24.2 Å². The zero-order valence-corrected chi connectivity index (χ0v) is 20.6. The van der Waals surface area contributed by atoms with Crippen molar-refractivity contribution >= 4 is 32.9 Å². The zero-order valence-electron chi connectivity index (χ0n) is 19.0. The second kappa shape index (κ2) is 10.7. The van der Waals surface area contributed by atoms with Crippen LogP contribution in [0.3, 0.4) is 0 Å². The summed E-state index contributed by atoms with van der Waals surface area (Å²) in [5, 5.41) is 3.01. The van der Waals surface area contributed by atoms with Gasteiger partial charge in [-0.3, -0.25) is 4.79 Å². The van der Waals surface area contributed by atoms with Crippen LogP contribution in [0.2, 0.25) is 0 Å². The van der Waals surface area contributed by atoms with Crippen molar-refractivity contribution in [2.75, 3.05) is 6.61 Å². The number of aromatic nitrogens is 2. The van der Waals surface area contributed by atoms with Crippen molar-refractivity contribution in [1.29, 1.82) is 0 Å². The van der Waals surface area contributed by atoms with E-state index in [1.54, 1.807) is 6.07 Å². The number of fused-ring (bicyclic) bond motifs is 1. The van der Waals surface area contributed by atoms with E-state index in [9.17, 15) is 4.79 Å². The molecule has 0 atom stereocenters. The third-order valence-electron chi connectivity index (χ3n) is 5.75. The average Bonchev–Trinajstić information content (AvgIpc) is 3.17. The van der Waals surface area contributed by atoms with Crippen LogP contribution in [0, 0.1) is 13.8 Å². The van der Waals surface area contributed by atoms with Crippen LogP contribution < -0.4 is 10.1 Å². The fourth-order valence-electron chi connectivity index (χ4n) is 3.77. The Morgan fingerprint density at radius 3 is 2.67 bits per heavy atom. The summed E-state index contributed by atoms with van der Waals surface area (Å²) in [6.07, 6.45) is 1.89. The molecule has 5 nitrogen and oxygen atoms in total. The topological polar surface area (TPSA) is 56.1 Å². The van der Waals surface area contributed by atoms with Crippen LogP contribution in [0.1, 0.15) is 40.2 Å². The van der Waals surface area contributed by atoms with Crippen LogP contribution in [0.4, 0.5) is 0 Å². The molecule has 4 aromatic rings. The summed E-state index contributed by atoms with van der Waals surface area (Å²) >= 11 is 3.42. The fraction of sp³-hybridized carbons (Fsp3) is 0.259. The van der Waals surface area contributed by atoms with Gasteiger partial charge >= 0.3 is 0 Å². The zero-order chi connectivity index (χ0) is 23.2. The normalized spacial score (nSPS) is 11.0. The number of hydrogen-bond acceptors (Lipinski definition) is 3. The first-order valence-electron chi connectivity index (χ1n) is 11.2. The number of halogens is 1. The predicted molar refractivity (Wildman–Crippen MR) is 136 cm³/mol. The van der Waals surface area contributed by atoms with Gasteiger partial charge in [0.1, 0.15) is 11.6 Å². The molecule has 0 unspecified atom stereocenters. The number of nitrogens with one attached hydrogen (secondary N) is 1. The van der Waals surface area contributed by atoms with Gasteiger partial charge in [0.15, 0.2) is 0 Å². The minimum atomic E-state index is -0.114. The maximum Gasteiger partial charge on any atom is 0.251 e. The van der Waals surface area contributed by atoms with Crippen LogP contribution in [0.25, 0.3) is 11.0 Å². The van der Waals surface area contributed by atoms with Crippen molar-refractivity contribution < 1.29 is 9.53 Å². The van der Waals surface area contributed by atoms with Crippen LogP contribution in [-0.4, -0.2) is 22.1 Å². The van der Waals surface area contributed by atoms with Gasteiger partial charge in [-0.05, 0) is 80.3 Å². The van der Waals surface area contributed by atoms with Crippen molar-refractivity contribution in [2.24, 2.45) is 0 Å². The van der Waals surface area contributed by atoms with Crippen molar-refractivity contribution in [2.45, 2.75) is 39.8 Å². The van der Waals surface area contributed by atoms with Crippen molar-refractivity contribution in [3.63, 3.8) is 0 Å². The number of rotatable bonds is 9. The third-order valence-corrected chi connectivity index (χ3v) is 6.24. The highest BCUT2D eigenvalue weighted by Gasteiger charge is 2.12. The Morgan fingerprint density at radius 2 is 1.85 bits per heavy atom. The Kier molecular flexibility index (Phi) is 7.45. The predicted octanol–water partition coefficient (Wildman–Crippen LogP) is 6.20. The lowest BCUT2D eigenvalue weighted by molar-refractivity contribution is 0.0949. The third kappa shape index (κ3) is 5.82. The monoisotopic (exact) mass is 505 g/mol. The number of hydrogen-bond donors (Lipinski definition) is 1. The number of aryl methyl sites for hydroxylation is 3. The van der Waals surface area contributed by atoms with Gasteiger partial charge in [-0.15, -0.1) is 0 Å². The lowest BCUT2D eigenvalue weighted by Crippen LogP contribution is -2.24. The largest absolute Gasteiger partial charge is 0.494 e. The first kappa shape index (κ1) is 23.1. The lowest BCUT2D eigenvalue weighted by Gasteiger charge is -2.11. The van der Waals surface area contributed by atoms with Gasteiger partial charge < -0.3 is 14.6 Å². The Bertz CT molecular complexity index is 1270. The van der Waals surface area contributed by atoms with Crippen LogP contribution in [-0.2, 0) is 13.1 Å². The number of unbranched alkanes of at least 4 members (excludes halogenated alkanes) is 1. The number of carbonyl (C=O) groups excluding carboxylic acids is 1. The minimum absolute atomic E-state index is 0.114. The highest BCUT2D eigenvalue weighted by atomic mass is 79.9. The second-order valence-electron chi connectivity index (χ2n) is 8.16. The molecule has 1 aromatic heterocycles. The molecule has 0 bridgehead atoms. The van der Waals surface area contributed by atoms with E-state index in [0.29, 0.717) is 18.7 Å². The molecule has 0 saturated heterocycles. The highest BCUT2D eigenvalue weighted by molar-refractivity contribution is 9.10. The van der Waals surface area contributed by atoms with Gasteiger partial charge in [0.25, 0.3) is 5.91 Å². The molecule has 1 heterocycles. The summed E-state index contributed by atoms with van der Waals surface area (Å²) < 4.78 is 9.01. The maximum absolute atomic E-state index is 12.6. The first-order chi connectivity index (χ1) is 16.0. The van der Waals surface area contributed by atoms with Gasteiger partial charge in [-0.1, -0.05) is 40.2 Å². The molecule has 0 aliphatic rings. The molecule has 6 heteroatoms. The van der Waals surface area contributed by atoms with Crippen LogP contribution in [0.15, 0.2) is 71.2 Å². The van der Waals surface area contributed by atoms with E-state index < -0.39 is 0 Å². The Morgan fingerprint density at radius 1 is 1.00 bits per heavy atom. The number of para-hydroxylation sites is 2. The molecule has 1 amide bonds. The van der Waals surface area contributed by atoms with Crippen LogP contribution >= 0.6 is 15.9 Å². The number of carbonyl (C=O) groups is 1. The minimum Gasteiger partial charge on any atom is -0.494 e. The summed E-state index contributed by atoms with van der Waals surface area (Å²) in [6, 6.07) is 21.7. The quantitative estimate of drug-likeness (QED) is 0.275. The summed E-state index contributed by atoms with van der Waals surface area (Å²) in [7, 11) is 0. The van der Waals surface area contributed by atoms with Crippen molar-refractivity contribution in [3.8, 4) is 5.75 Å². The number of amides is 1. The molecule has 3 aromatic carbocycles. The Labute approximate surface area is 202 Å². The first-order valence-corrected chi connectivity index (χ1v) is 12.0. The van der Waals surface area contributed by atoms with E-state index in [4.69, 9.17) is 9.72 Å². The van der Waals surface area contributed by atoms with Gasteiger partial charge in [0, 0.05) is 16.6 Å². The van der Waals surface area contributed by atoms with E-state index in [2.05, 4.69) is 57.9 Å². The van der Waals surface area contributed by atoms with E-state index >= 15 is 0 Å². The number of nitrogens with zero attached hydrogens (tertiary/aromatic N) is 2. The summed E-state index contributed by atoms with van der Waals surface area (Å²) in [6.45, 7) is 6.07. The smallest absolute Gasteiger partial charge is 0.251 e. The van der Waals surface area contributed by atoms with E-state index in [-0.39, 0.29) is 5.91 Å². The Balaban J connectivity index is 1.37. The summed E-state index contributed by atoms with van der Waals surface area (Å²) in [5.74, 6) is 1.66. The summed E-state index contributed by atoms with van der Waals surface area (Å²) in [4.78, 5) is 17.4. The fourth-order valence-corrected chi connectivity index (χ4v) is 4.17. The highest BCUT2D eigenvalue weighted by Crippen LogP contribution is 2.19. The van der Waals surface area contributed by atoms with Gasteiger partial charge in [-0.2, -0.15) is 0 Å². The SMILES string of the molecule is Cc1ccc(OCCCCn2c(CNC(=O)c3cccc(Br)c3)nc3ccccc32)cc1C. The second-order valence-corrected chi connectivity index (χ2v) is 9.08. The van der Waals surface area contributed by atoms with E-state index in [1.165, 1.54) is 11.1 Å². The van der Waals surface area contributed by atoms with E-state index in [0.717, 1.165) is 46.5 Å². The molecule has 0 fully saturated rings. The molecular formula is C27H28BrN3O2. The molecule has 4 rings (SSSR count). The molecular weight excluding hydrogens is 478 g/mol. The molecule has 0 aliphatic heterocycles. The molecule has 170 valence electrons. The molecule has 1 N–H and O–H groups in total. The maximum atomic E-state index is 12.6.